The van der Waals surface area contributed by atoms with Crippen molar-refractivity contribution in [1.29, 1.82) is 0 Å². The Labute approximate surface area is 182 Å². The molecule has 0 spiro atoms. The first kappa shape index (κ1) is 24.0. The Morgan fingerprint density at radius 2 is 1.84 bits per heavy atom. The first-order valence-electron chi connectivity index (χ1n) is 10.3. The Morgan fingerprint density at radius 1 is 1.13 bits per heavy atom. The van der Waals surface area contributed by atoms with Crippen LogP contribution in [-0.4, -0.2) is 35.4 Å². The van der Waals surface area contributed by atoms with Gasteiger partial charge in [0, 0.05) is 6.07 Å². The van der Waals surface area contributed by atoms with Gasteiger partial charge in [0.25, 0.3) is 5.91 Å². The van der Waals surface area contributed by atoms with Gasteiger partial charge in [-0.2, -0.15) is 4.73 Å². The van der Waals surface area contributed by atoms with E-state index in [1.807, 2.05) is 37.3 Å². The minimum absolute atomic E-state index is 0.0488. The molecule has 0 bridgehead atoms. The third-order valence-electron chi connectivity index (χ3n) is 4.00. The van der Waals surface area contributed by atoms with Crippen LogP contribution in [-0.2, 0) is 16.1 Å². The van der Waals surface area contributed by atoms with Crippen LogP contribution in [0.1, 0.15) is 56.6 Å². The highest BCUT2D eigenvalue weighted by Crippen LogP contribution is 2.09. The zero-order valence-electron chi connectivity index (χ0n) is 18.5. The second kappa shape index (κ2) is 11.2. The highest BCUT2D eigenvalue weighted by atomic mass is 16.7. The van der Waals surface area contributed by atoms with E-state index in [1.165, 1.54) is 10.9 Å². The fourth-order valence-corrected chi connectivity index (χ4v) is 2.54. The fourth-order valence-electron chi connectivity index (χ4n) is 2.54. The van der Waals surface area contributed by atoms with Crippen molar-refractivity contribution in [2.24, 2.45) is 0 Å². The van der Waals surface area contributed by atoms with E-state index in [-0.39, 0.29) is 24.6 Å². The summed E-state index contributed by atoms with van der Waals surface area (Å²) in [6.07, 6.45) is 3.07. The zero-order valence-corrected chi connectivity index (χ0v) is 18.5. The molecular formula is C23H30N2O6. The first-order valence-corrected chi connectivity index (χ1v) is 10.3. The van der Waals surface area contributed by atoms with Gasteiger partial charge in [-0.15, -0.1) is 0 Å². The van der Waals surface area contributed by atoms with Crippen molar-refractivity contribution in [2.45, 2.75) is 52.7 Å². The summed E-state index contributed by atoms with van der Waals surface area (Å²) >= 11 is 0. The number of hydrogen-bond donors (Lipinski definition) is 1. The quantitative estimate of drug-likeness (QED) is 0.460. The van der Waals surface area contributed by atoms with Crippen LogP contribution in [0.3, 0.4) is 0 Å². The molecule has 0 aliphatic rings. The maximum Gasteiger partial charge on any atom is 0.325 e. The molecule has 31 heavy (non-hydrogen) atoms. The van der Waals surface area contributed by atoms with Gasteiger partial charge in [-0.25, -0.2) is 0 Å². The monoisotopic (exact) mass is 430 g/mol. The van der Waals surface area contributed by atoms with E-state index in [1.54, 1.807) is 20.8 Å². The number of carbonyl (C=O) groups is 2. The topological polar surface area (TPSA) is 95.9 Å². The van der Waals surface area contributed by atoms with Crippen LogP contribution in [0.2, 0.25) is 0 Å². The maximum atomic E-state index is 12.7. The smallest absolute Gasteiger partial charge is 0.325 e. The van der Waals surface area contributed by atoms with Crippen LogP contribution in [0.5, 0.6) is 5.75 Å². The molecule has 0 aliphatic carbocycles. The molecule has 0 saturated heterocycles. The molecule has 0 saturated carbocycles. The van der Waals surface area contributed by atoms with E-state index in [4.69, 9.17) is 14.3 Å². The van der Waals surface area contributed by atoms with Crippen molar-refractivity contribution >= 4 is 11.9 Å². The second-order valence-electron chi connectivity index (χ2n) is 7.94. The van der Waals surface area contributed by atoms with Crippen LogP contribution < -0.4 is 20.3 Å². The number of unbranched alkanes of at least 4 members (excludes halogenated alkanes) is 1. The summed E-state index contributed by atoms with van der Waals surface area (Å²) in [6.45, 7) is 7.44. The molecule has 1 heterocycles. The number of esters is 1. The Morgan fingerprint density at radius 3 is 2.48 bits per heavy atom. The first-order chi connectivity index (χ1) is 14.7. The lowest BCUT2D eigenvalue weighted by atomic mass is 10.2. The number of hydrogen-bond acceptors (Lipinski definition) is 6. The predicted molar refractivity (Wildman–Crippen MR) is 116 cm³/mol. The number of benzene rings is 1. The lowest BCUT2D eigenvalue weighted by Crippen LogP contribution is -2.37. The molecule has 0 unspecified atom stereocenters. The minimum Gasteiger partial charge on any atom is -0.488 e. The van der Waals surface area contributed by atoms with Crippen molar-refractivity contribution in [3.8, 4) is 5.75 Å². The standard InChI is InChI=1S/C23H30N2O6/c1-5-6-12-29-20-15-25(30-16-17-10-8-7-9-11-17)18(13-19(20)26)22(28)24-14-21(27)31-23(2,3)4/h7-11,13,15H,5-6,12,14,16H2,1-4H3,(H,24,28). The molecule has 2 rings (SSSR count). The lowest BCUT2D eigenvalue weighted by molar-refractivity contribution is -0.153. The van der Waals surface area contributed by atoms with Gasteiger partial charge < -0.3 is 19.6 Å². The molecule has 1 N–H and O–H groups in total. The van der Waals surface area contributed by atoms with E-state index >= 15 is 0 Å². The van der Waals surface area contributed by atoms with Gasteiger partial charge in [0.2, 0.25) is 5.43 Å². The van der Waals surface area contributed by atoms with Gasteiger partial charge >= 0.3 is 5.97 Å². The van der Waals surface area contributed by atoms with Gasteiger partial charge in [0.05, 0.1) is 12.8 Å². The molecule has 8 heteroatoms. The molecule has 8 nitrogen and oxygen atoms in total. The Bertz CT molecular complexity index is 931. The van der Waals surface area contributed by atoms with E-state index < -0.39 is 22.9 Å². The molecule has 0 radical (unpaired) electrons. The summed E-state index contributed by atoms with van der Waals surface area (Å²) in [7, 11) is 0. The molecule has 0 fully saturated rings. The number of rotatable bonds is 10. The van der Waals surface area contributed by atoms with Crippen molar-refractivity contribution in [1.82, 2.24) is 10.0 Å². The molecule has 0 aliphatic heterocycles. The second-order valence-corrected chi connectivity index (χ2v) is 7.94. The molecule has 0 atom stereocenters. The van der Waals surface area contributed by atoms with E-state index in [0.717, 1.165) is 24.5 Å². The van der Waals surface area contributed by atoms with E-state index in [2.05, 4.69) is 5.32 Å². The number of amides is 1. The number of nitrogens with zero attached hydrogens (tertiary/aromatic N) is 1. The summed E-state index contributed by atoms with van der Waals surface area (Å²) in [6, 6.07) is 10.5. The van der Waals surface area contributed by atoms with Crippen LogP contribution >= 0.6 is 0 Å². The summed E-state index contributed by atoms with van der Waals surface area (Å²) in [5.41, 5.74) is -0.277. The van der Waals surface area contributed by atoms with Crippen molar-refractivity contribution in [3.63, 3.8) is 0 Å². The molecule has 1 aromatic carbocycles. The predicted octanol–water partition coefficient (Wildman–Crippen LogP) is 2.73. The lowest BCUT2D eigenvalue weighted by Gasteiger charge is -2.20. The highest BCUT2D eigenvalue weighted by Gasteiger charge is 2.20. The van der Waals surface area contributed by atoms with Crippen molar-refractivity contribution in [3.05, 3.63) is 64.1 Å². The number of nitrogens with one attached hydrogen (secondary N) is 1. The van der Waals surface area contributed by atoms with Crippen LogP contribution in [0, 0.1) is 0 Å². The largest absolute Gasteiger partial charge is 0.488 e. The number of aromatic nitrogens is 1. The number of carbonyl (C=O) groups excluding carboxylic acids is 2. The maximum absolute atomic E-state index is 12.7. The molecule has 2 aromatic rings. The summed E-state index contributed by atoms with van der Waals surface area (Å²) in [5.74, 6) is -1.14. The number of ether oxygens (including phenoxy) is 2. The van der Waals surface area contributed by atoms with Gasteiger partial charge in [0.15, 0.2) is 5.75 Å². The third-order valence-corrected chi connectivity index (χ3v) is 4.00. The summed E-state index contributed by atoms with van der Waals surface area (Å²) < 4.78 is 11.9. The minimum atomic E-state index is -0.666. The highest BCUT2D eigenvalue weighted by molar-refractivity contribution is 5.94. The van der Waals surface area contributed by atoms with Crippen LogP contribution in [0.15, 0.2) is 47.4 Å². The fraction of sp³-hybridized carbons (Fsp3) is 0.435. The molecule has 168 valence electrons. The molecule has 1 aromatic heterocycles. The third kappa shape index (κ3) is 8.16. The van der Waals surface area contributed by atoms with E-state index in [0.29, 0.717) is 6.61 Å². The molecule has 1 amide bonds. The van der Waals surface area contributed by atoms with Crippen molar-refractivity contribution < 1.29 is 23.9 Å². The van der Waals surface area contributed by atoms with Gasteiger partial charge in [-0.1, -0.05) is 43.7 Å². The van der Waals surface area contributed by atoms with Gasteiger partial charge in [-0.05, 0) is 32.8 Å². The Hall–Kier alpha value is -3.29. The van der Waals surface area contributed by atoms with Crippen molar-refractivity contribution in [2.75, 3.05) is 13.2 Å². The summed E-state index contributed by atoms with van der Waals surface area (Å²) in [4.78, 5) is 42.8. The Balaban J connectivity index is 2.19. The normalized spacial score (nSPS) is 11.0. The number of pyridine rings is 1. The SMILES string of the molecule is CCCCOc1cn(OCc2ccccc2)c(C(=O)NCC(=O)OC(C)(C)C)cc1=O. The van der Waals surface area contributed by atoms with Crippen LogP contribution in [0.25, 0.3) is 0 Å². The van der Waals surface area contributed by atoms with Crippen LogP contribution in [0.4, 0.5) is 0 Å². The Kier molecular flexibility index (Phi) is 8.66. The summed E-state index contributed by atoms with van der Waals surface area (Å²) in [5, 5.41) is 2.46. The average Bonchev–Trinajstić information content (AvgIpc) is 2.71. The van der Waals surface area contributed by atoms with Gasteiger partial charge in [-0.3, -0.25) is 14.4 Å². The average molecular weight is 431 g/mol. The van der Waals surface area contributed by atoms with E-state index in [9.17, 15) is 14.4 Å². The van der Waals surface area contributed by atoms with Gasteiger partial charge in [0.1, 0.15) is 24.4 Å². The molecular weight excluding hydrogens is 400 g/mol. The zero-order chi connectivity index (χ0) is 22.9.